The van der Waals surface area contributed by atoms with E-state index in [1.54, 1.807) is 51.8 Å². The molecule has 6 heterocycles. The Balaban J connectivity index is 0.734. The van der Waals surface area contributed by atoms with Crippen LogP contribution in [-0.2, 0) is 87.5 Å². The minimum atomic E-state index is -2.46. The van der Waals surface area contributed by atoms with E-state index in [4.69, 9.17) is 77.9 Å². The molecule has 1 saturated carbocycles. The summed E-state index contributed by atoms with van der Waals surface area (Å²) < 4.78 is 71.3. The second-order valence-electron chi connectivity index (χ2n) is 31.6. The van der Waals surface area contributed by atoms with E-state index >= 15 is 0 Å². The first kappa shape index (κ1) is 94.9. The van der Waals surface area contributed by atoms with Crippen LogP contribution in [0.25, 0.3) is 33.4 Å². The number of aromatic nitrogens is 5. The number of carbonyl (C=O) groups is 5. The smallest absolute Gasteiger partial charge is 0.329 e. The molecule has 3 fully saturated rings. The molecular formula is C85H130N10O22. The summed E-state index contributed by atoms with van der Waals surface area (Å²) in [6.45, 7) is 18.1. The molecule has 3 aliphatic heterocycles. The van der Waals surface area contributed by atoms with Gasteiger partial charge in [0, 0.05) is 96.6 Å². The van der Waals surface area contributed by atoms with Gasteiger partial charge in [0.2, 0.25) is 11.7 Å². The molecule has 9 N–H and O–H groups in total. The van der Waals surface area contributed by atoms with Crippen LogP contribution >= 0.6 is 0 Å². The lowest BCUT2D eigenvalue weighted by Crippen LogP contribution is -2.61. The average Bonchev–Trinajstić information content (AvgIpc) is 1.73. The first-order chi connectivity index (χ1) is 56.3. The van der Waals surface area contributed by atoms with Crippen LogP contribution in [0.4, 0.5) is 11.8 Å². The molecule has 0 spiro atoms. The summed E-state index contributed by atoms with van der Waals surface area (Å²) in [6.07, 6.45) is 14.1. The van der Waals surface area contributed by atoms with Gasteiger partial charge in [0.05, 0.1) is 114 Å². The van der Waals surface area contributed by atoms with Gasteiger partial charge in [-0.25, -0.2) is 19.4 Å². The van der Waals surface area contributed by atoms with Crippen molar-refractivity contribution in [2.45, 2.75) is 225 Å². The van der Waals surface area contributed by atoms with Gasteiger partial charge in [0.15, 0.2) is 23.6 Å². The summed E-state index contributed by atoms with van der Waals surface area (Å²) in [6, 6.07) is 4.40. The van der Waals surface area contributed by atoms with Crippen LogP contribution in [0.15, 0.2) is 81.7 Å². The third-order valence-corrected chi connectivity index (χ3v) is 22.5. The SMILES string of the molecule is CO[C@H]1C[C@@H]2CC[C@@H](C)[C@@](O)(O2)C(=O)C(=O)N2CCCC[C@H]2C(=O)O[C@H]([C@H](C)C[C@@H]2CC[C@@H](O)[C@H](OC)C2)C[C@@H](O)[C@H](C)/C=C(\C)[C@@H](O)[C@@H](OC)C(=NOCC(=O)CCCOCCOCCOCCOCCOCCOCCC(=O)NCCCCn2nc(-c3ccc4oc(N)nc4c3)c3c(N)ncnc32)[C@H](C)C[C@H](C)/C=C/C=C/C=C/1C. The van der Waals surface area contributed by atoms with Gasteiger partial charge in [-0.2, -0.15) is 10.1 Å². The number of nitrogens with one attached hydrogen (secondary N) is 1. The van der Waals surface area contributed by atoms with Crippen molar-refractivity contribution in [2.75, 3.05) is 132 Å². The van der Waals surface area contributed by atoms with Crippen molar-refractivity contribution < 1.29 is 106 Å². The number of hydrogen-bond donors (Lipinski definition) is 7. The zero-order chi connectivity index (χ0) is 84.4. The number of aryl methyl sites for hydroxylation is 1. The molecule has 652 valence electrons. The van der Waals surface area contributed by atoms with E-state index < -0.39 is 84.1 Å². The molecule has 2 bridgehead atoms. The monoisotopic (exact) mass is 1640 g/mol. The molecule has 32 nitrogen and oxygen atoms in total. The summed E-state index contributed by atoms with van der Waals surface area (Å²) >= 11 is 0. The van der Waals surface area contributed by atoms with E-state index in [-0.39, 0.29) is 99.3 Å². The van der Waals surface area contributed by atoms with Crippen LogP contribution in [0, 0.1) is 35.5 Å². The molecule has 8 rings (SSSR count). The van der Waals surface area contributed by atoms with E-state index in [2.05, 4.69) is 32.3 Å². The van der Waals surface area contributed by atoms with Gasteiger partial charge in [-0.15, -0.1) is 0 Å². The number of nitrogens with zero attached hydrogens (tertiary/aromatic N) is 7. The molecule has 0 radical (unpaired) electrons. The fourth-order valence-corrected chi connectivity index (χ4v) is 15.6. The van der Waals surface area contributed by atoms with Gasteiger partial charge in [-0.05, 0) is 144 Å². The molecule has 3 aromatic heterocycles. The van der Waals surface area contributed by atoms with Crippen molar-refractivity contribution in [1.29, 1.82) is 0 Å². The summed E-state index contributed by atoms with van der Waals surface area (Å²) in [5.41, 5.74) is 16.9. The summed E-state index contributed by atoms with van der Waals surface area (Å²) in [4.78, 5) is 89.2. The Morgan fingerprint density at radius 1 is 0.752 bits per heavy atom. The van der Waals surface area contributed by atoms with Gasteiger partial charge < -0.3 is 103 Å². The molecule has 32 heteroatoms. The number of rotatable bonds is 37. The number of aliphatic hydroxyl groups excluding tert-OH is 3. The van der Waals surface area contributed by atoms with Gasteiger partial charge in [0.1, 0.15) is 47.7 Å². The molecule has 4 aromatic rings. The lowest BCUT2D eigenvalue weighted by Gasteiger charge is -2.43. The predicted molar refractivity (Wildman–Crippen MR) is 438 cm³/mol. The Labute approximate surface area is 687 Å². The number of aliphatic hydroxyl groups is 4. The second-order valence-corrected chi connectivity index (χ2v) is 31.6. The van der Waals surface area contributed by atoms with Crippen molar-refractivity contribution in [2.24, 2.45) is 40.7 Å². The van der Waals surface area contributed by atoms with E-state index in [9.17, 15) is 44.4 Å². The van der Waals surface area contributed by atoms with Crippen LogP contribution < -0.4 is 16.8 Å². The summed E-state index contributed by atoms with van der Waals surface area (Å²) in [5.74, 6) is -7.30. The summed E-state index contributed by atoms with van der Waals surface area (Å²) in [5, 5.41) is 60.1. The number of amides is 2. The number of nitrogen functional groups attached to an aromatic ring is 2. The number of piperidine rings is 1. The Kier molecular flexibility index (Phi) is 40.0. The molecule has 4 aliphatic rings. The number of oxime groups is 1. The zero-order valence-electron chi connectivity index (χ0n) is 70.2. The van der Waals surface area contributed by atoms with E-state index in [0.717, 1.165) is 24.0 Å². The number of nitrogens with two attached hydrogens (primary N) is 2. The third kappa shape index (κ3) is 29.1. The number of Topliss-reactive ketones (excluding diaryl/α,β-unsaturated/α-hetero) is 2. The normalized spacial score (nSPS) is 28.7. The topological polar surface area (TPSA) is 426 Å². The Morgan fingerprint density at radius 2 is 1.45 bits per heavy atom. The van der Waals surface area contributed by atoms with Crippen LogP contribution in [0.5, 0.6) is 0 Å². The van der Waals surface area contributed by atoms with Crippen molar-refractivity contribution in [1.82, 2.24) is 34.9 Å². The molecule has 117 heavy (non-hydrogen) atoms. The fourth-order valence-electron chi connectivity index (χ4n) is 15.6. The fraction of sp³-hybridized carbons (Fsp3) is 0.694. The van der Waals surface area contributed by atoms with Gasteiger partial charge in [-0.1, -0.05) is 76.2 Å². The lowest BCUT2D eigenvalue weighted by molar-refractivity contribution is -0.265. The van der Waals surface area contributed by atoms with Crippen molar-refractivity contribution in [3.63, 3.8) is 0 Å². The van der Waals surface area contributed by atoms with E-state index in [1.165, 1.54) is 18.3 Å². The van der Waals surface area contributed by atoms with Crippen LogP contribution in [0.1, 0.15) is 158 Å². The van der Waals surface area contributed by atoms with E-state index in [0.29, 0.717) is 195 Å². The number of ether oxygens (including phenoxy) is 11. The summed E-state index contributed by atoms with van der Waals surface area (Å²) in [7, 11) is 4.61. The predicted octanol–water partition coefficient (Wildman–Crippen LogP) is 8.32. The molecule has 2 amide bonds. The number of oxazole rings is 1. The quantitative estimate of drug-likeness (QED) is 0.00733. The third-order valence-electron chi connectivity index (χ3n) is 22.5. The number of cyclic esters (lactones) is 1. The van der Waals surface area contributed by atoms with Gasteiger partial charge in [-0.3, -0.25) is 19.2 Å². The minimum Gasteiger partial charge on any atom is -0.460 e. The first-order valence-corrected chi connectivity index (χ1v) is 41.7. The Bertz CT molecular complexity index is 3900. The highest BCUT2D eigenvalue weighted by Crippen LogP contribution is 2.39. The number of ketones is 2. The van der Waals surface area contributed by atoms with Crippen molar-refractivity contribution in [3.8, 4) is 11.3 Å². The van der Waals surface area contributed by atoms with Gasteiger partial charge >= 0.3 is 5.97 Å². The highest BCUT2D eigenvalue weighted by Gasteiger charge is 2.53. The largest absolute Gasteiger partial charge is 0.460 e. The maximum Gasteiger partial charge on any atom is 0.329 e. The Hall–Kier alpha value is -7.54. The minimum absolute atomic E-state index is 0.0220. The highest BCUT2D eigenvalue weighted by molar-refractivity contribution is 6.39. The first-order valence-electron chi connectivity index (χ1n) is 41.7. The molecule has 0 unspecified atom stereocenters. The number of methoxy groups -OCH3 is 3. The zero-order valence-corrected chi connectivity index (χ0v) is 70.2. The van der Waals surface area contributed by atoms with Crippen LogP contribution in [0.2, 0.25) is 0 Å². The van der Waals surface area contributed by atoms with E-state index in [1.807, 2.05) is 63.3 Å². The average molecular weight is 1640 g/mol. The molecular weight excluding hydrogens is 1510 g/mol. The standard InChI is InChI=1S/C85H130N10O22/c1-54-19-12-11-13-20-55(2)70(105-8)50-64-26-23-60(7)85(104,117-64)79(101)82(102)94-31-16-14-22-66(94)83(103)115-71(57(4)47-61-24-27-67(97)72(48-61)106-9)51-68(98)56(3)46-59(6)77(100)78(107-10)75(58(5)45-54)93-114-52-63(96)21-18-33-108-35-37-110-39-41-112-43-44-113-42-40-111-38-36-109-34-29-73(99)88-30-15-17-32-95-81-74(80(86)89-53-90-81)76(92-95)62-25-28-69-65(49-62)91-84(87)116-69/h11-13,19-20,25,28,46,49,53-54,56-58,60-61,64,66-68,70-72,77-78,97-98,100,104H,14-18,21-24,26-27,29-45,47-48,50-52H2,1-10H3,(H2,87,91)(H,88,99)(H2,86,89,90)/b13-11+,19-12+,55-20+,59-46+,93-75?/t54-,56-,57-,58-,60-,61+,64+,66+,67-,68-,70+,71+,72-,77-,78+,85-/m1/s1. The number of esters is 1. The maximum absolute atomic E-state index is 14.7. The Morgan fingerprint density at radius 3 is 2.15 bits per heavy atom. The van der Waals surface area contributed by atoms with Crippen molar-refractivity contribution in [3.05, 3.63) is 72.1 Å². The molecule has 16 atom stereocenters. The number of benzene rings is 1. The molecule has 2 saturated heterocycles. The van der Waals surface area contributed by atoms with Crippen LogP contribution in [-0.4, -0.2) is 266 Å². The number of anilines is 2. The second kappa shape index (κ2) is 49.3. The van der Waals surface area contributed by atoms with Crippen LogP contribution in [0.3, 0.4) is 0 Å². The maximum atomic E-state index is 14.7. The number of carbonyl (C=O) groups excluding carboxylic acids is 5. The number of fused-ring (bicyclic) bond motifs is 5. The molecule has 1 aromatic carbocycles. The molecule has 1 aliphatic carbocycles. The highest BCUT2D eigenvalue weighted by atomic mass is 16.6. The number of unbranched alkanes of at least 4 members (excludes halogenated alkanes) is 1. The number of allylic oxidation sites excluding steroid dienone is 5. The number of hydrogen-bond acceptors (Lipinski definition) is 29. The van der Waals surface area contributed by atoms with Crippen molar-refractivity contribution >= 4 is 69.0 Å². The lowest BCUT2D eigenvalue weighted by atomic mass is 9.78. The van der Waals surface area contributed by atoms with Gasteiger partial charge in [0.25, 0.3) is 17.7 Å².